The topological polar surface area (TPSA) is 128 Å². The highest BCUT2D eigenvalue weighted by atomic mass is 32.2. The van der Waals surface area contributed by atoms with Crippen molar-refractivity contribution in [2.45, 2.75) is 24.8 Å². The normalized spacial score (nSPS) is 14.1. The van der Waals surface area contributed by atoms with Crippen molar-refractivity contribution in [2.75, 3.05) is 20.0 Å². The average Bonchev–Trinajstić information content (AvgIpc) is 2.83. The van der Waals surface area contributed by atoms with E-state index < -0.39 is 27.3 Å². The lowest BCUT2D eigenvalue weighted by molar-refractivity contribution is -0.149. The van der Waals surface area contributed by atoms with Gasteiger partial charge in [-0.1, -0.05) is 12.1 Å². The Kier molecular flexibility index (Phi) is 5.67. The molecule has 2 N–H and O–H groups in total. The molecule has 10 heteroatoms. The Morgan fingerprint density at radius 1 is 1.35 bits per heavy atom. The number of hydrogen-bond acceptors (Lipinski definition) is 6. The third-order valence-electron chi connectivity index (χ3n) is 3.75. The summed E-state index contributed by atoms with van der Waals surface area (Å²) in [6.07, 6.45) is 1.08. The van der Waals surface area contributed by atoms with E-state index >= 15 is 0 Å². The Balaban J connectivity index is 2.35. The van der Waals surface area contributed by atoms with Crippen LogP contribution in [-0.2, 0) is 36.5 Å². The van der Waals surface area contributed by atoms with E-state index in [0.717, 1.165) is 6.26 Å². The van der Waals surface area contributed by atoms with E-state index in [4.69, 9.17) is 4.74 Å². The third-order valence-corrected chi connectivity index (χ3v) is 4.53. The number of ether oxygens (including phenoxy) is 1. The van der Waals surface area contributed by atoms with Gasteiger partial charge in [0.05, 0.1) is 17.6 Å². The fourth-order valence-electron chi connectivity index (χ4n) is 2.58. The van der Waals surface area contributed by atoms with Crippen LogP contribution in [0, 0.1) is 0 Å². The Hall–Kier alpha value is -2.46. The molecule has 0 saturated carbocycles. The van der Waals surface area contributed by atoms with E-state index in [1.165, 1.54) is 18.6 Å². The zero-order valence-electron chi connectivity index (χ0n) is 14.7. The molecule has 0 radical (unpaired) electrons. The monoisotopic (exact) mass is 383 g/mol. The van der Waals surface area contributed by atoms with Crippen molar-refractivity contribution in [3.63, 3.8) is 0 Å². The number of rotatable bonds is 8. The van der Waals surface area contributed by atoms with Gasteiger partial charge in [-0.2, -0.15) is 0 Å². The van der Waals surface area contributed by atoms with E-state index in [1.54, 1.807) is 24.3 Å². The Morgan fingerprint density at radius 2 is 2.00 bits per heavy atom. The number of aromatic nitrogens is 2. The molecule has 0 spiro atoms. The molecule has 0 fully saturated rings. The number of hydrogen-bond donors (Lipinski definition) is 2. The molecule has 1 amide bonds. The molecule has 2 rings (SSSR count). The summed E-state index contributed by atoms with van der Waals surface area (Å²) < 4.78 is 29.7. The molecule has 9 nitrogen and oxygen atoms in total. The molecule has 142 valence electrons. The molecule has 1 aromatic heterocycles. The number of carbonyl (C=O) groups excluding carboxylic acids is 1. The summed E-state index contributed by atoms with van der Waals surface area (Å²) in [5.41, 5.74) is -0.457. The van der Waals surface area contributed by atoms with Gasteiger partial charge in [0.1, 0.15) is 18.1 Å². The van der Waals surface area contributed by atoms with E-state index in [2.05, 4.69) is 10.3 Å². The number of imidazole rings is 1. The van der Waals surface area contributed by atoms with Crippen LogP contribution >= 0.6 is 0 Å². The van der Waals surface area contributed by atoms with Crippen molar-refractivity contribution < 1.29 is 27.9 Å². The number of nitrogens with zero attached hydrogens (tertiary/aromatic N) is 2. The zero-order chi connectivity index (χ0) is 19.5. The maximum Gasteiger partial charge on any atom is 0.331 e. The highest BCUT2D eigenvalue weighted by Crippen LogP contribution is 2.18. The average molecular weight is 383 g/mol. The van der Waals surface area contributed by atoms with Gasteiger partial charge in [0, 0.05) is 13.4 Å². The maximum atomic E-state index is 12.4. The quantitative estimate of drug-likeness (QED) is 0.666. The SMILES string of the molecule is COCC(C)(NC(=O)Cn1c(CS(C)(=O)=O)nc2ccccc21)C(=O)O. The van der Waals surface area contributed by atoms with Gasteiger partial charge in [-0.15, -0.1) is 0 Å². The second kappa shape index (κ2) is 7.42. The van der Waals surface area contributed by atoms with Gasteiger partial charge in [0.25, 0.3) is 0 Å². The standard InChI is InChI=1S/C16H21N3O6S/c1-16(10-25-2,15(21)22)18-14(20)8-19-12-7-5-4-6-11(12)17-13(19)9-26(3,23)24/h4-7H,8-10H2,1-3H3,(H,18,20)(H,21,22). The van der Waals surface area contributed by atoms with E-state index in [1.807, 2.05) is 0 Å². The van der Waals surface area contributed by atoms with Crippen LogP contribution in [0.25, 0.3) is 11.0 Å². The molecule has 0 aliphatic rings. The van der Waals surface area contributed by atoms with Crippen molar-refractivity contribution in [3.05, 3.63) is 30.1 Å². The molecule has 0 bridgehead atoms. The summed E-state index contributed by atoms with van der Waals surface area (Å²) in [6, 6.07) is 6.92. The number of nitrogens with one attached hydrogen (secondary N) is 1. The molecule has 1 atom stereocenters. The first-order valence-corrected chi connectivity index (χ1v) is 9.77. The van der Waals surface area contributed by atoms with Crippen LogP contribution in [0.4, 0.5) is 0 Å². The van der Waals surface area contributed by atoms with Gasteiger partial charge in [-0.05, 0) is 19.1 Å². The van der Waals surface area contributed by atoms with Gasteiger partial charge >= 0.3 is 5.97 Å². The van der Waals surface area contributed by atoms with Crippen LogP contribution in [0.3, 0.4) is 0 Å². The van der Waals surface area contributed by atoms with E-state index in [-0.39, 0.29) is 24.7 Å². The number of methoxy groups -OCH3 is 1. The minimum Gasteiger partial charge on any atom is -0.479 e. The lowest BCUT2D eigenvalue weighted by Gasteiger charge is -2.25. The number of benzene rings is 1. The molecular formula is C16H21N3O6S. The molecule has 1 heterocycles. The van der Waals surface area contributed by atoms with Gasteiger partial charge in [-0.25, -0.2) is 18.2 Å². The maximum absolute atomic E-state index is 12.4. The second-order valence-electron chi connectivity index (χ2n) is 6.29. The molecule has 26 heavy (non-hydrogen) atoms. The number of carboxylic acids is 1. The summed E-state index contributed by atoms with van der Waals surface area (Å²) in [5, 5.41) is 11.7. The fourth-order valence-corrected chi connectivity index (χ4v) is 3.27. The molecule has 0 aliphatic heterocycles. The van der Waals surface area contributed by atoms with Crippen LogP contribution in [-0.4, -0.2) is 60.5 Å². The minimum absolute atomic E-state index is 0.213. The summed E-state index contributed by atoms with van der Waals surface area (Å²) in [4.78, 5) is 28.1. The third kappa shape index (κ3) is 4.58. The Bertz CT molecular complexity index is 937. The number of aliphatic carboxylic acids is 1. The van der Waals surface area contributed by atoms with Gasteiger partial charge in [0.2, 0.25) is 5.91 Å². The van der Waals surface area contributed by atoms with E-state index in [9.17, 15) is 23.1 Å². The summed E-state index contributed by atoms with van der Waals surface area (Å²) in [6.45, 7) is 0.854. The number of sulfone groups is 1. The number of carboxylic acid groups (broad SMARTS) is 1. The summed E-state index contributed by atoms with van der Waals surface area (Å²) in [7, 11) is -2.04. The van der Waals surface area contributed by atoms with Crippen molar-refractivity contribution in [1.29, 1.82) is 0 Å². The Labute approximate surface area is 150 Å². The van der Waals surface area contributed by atoms with E-state index in [0.29, 0.717) is 11.0 Å². The van der Waals surface area contributed by atoms with Crippen molar-refractivity contribution >= 4 is 32.7 Å². The second-order valence-corrected chi connectivity index (χ2v) is 8.43. The van der Waals surface area contributed by atoms with Crippen LogP contribution in [0.1, 0.15) is 12.7 Å². The predicted molar refractivity (Wildman–Crippen MR) is 94.3 cm³/mol. The number of para-hydroxylation sites is 2. The molecule has 1 unspecified atom stereocenters. The first-order valence-electron chi connectivity index (χ1n) is 7.71. The fraction of sp³-hybridized carbons (Fsp3) is 0.438. The number of amides is 1. The van der Waals surface area contributed by atoms with Gasteiger partial charge in [0.15, 0.2) is 15.4 Å². The van der Waals surface area contributed by atoms with Crippen LogP contribution in [0.2, 0.25) is 0 Å². The smallest absolute Gasteiger partial charge is 0.331 e. The summed E-state index contributed by atoms with van der Waals surface area (Å²) >= 11 is 0. The number of carbonyl (C=O) groups is 2. The van der Waals surface area contributed by atoms with Crippen LogP contribution in [0.5, 0.6) is 0 Å². The molecule has 2 aromatic rings. The molecule has 0 aliphatic carbocycles. The van der Waals surface area contributed by atoms with Crippen LogP contribution in [0.15, 0.2) is 24.3 Å². The first-order chi connectivity index (χ1) is 12.1. The van der Waals surface area contributed by atoms with Gasteiger partial charge < -0.3 is 19.7 Å². The molecule has 0 saturated heterocycles. The summed E-state index contributed by atoms with van der Waals surface area (Å²) in [5.74, 6) is -1.94. The largest absolute Gasteiger partial charge is 0.479 e. The van der Waals surface area contributed by atoms with Crippen molar-refractivity contribution in [2.24, 2.45) is 0 Å². The molecule has 1 aromatic carbocycles. The van der Waals surface area contributed by atoms with Crippen LogP contribution < -0.4 is 5.32 Å². The van der Waals surface area contributed by atoms with Gasteiger partial charge in [-0.3, -0.25) is 4.79 Å². The lowest BCUT2D eigenvalue weighted by atomic mass is 10.0. The molecular weight excluding hydrogens is 362 g/mol. The number of fused-ring (bicyclic) bond motifs is 1. The van der Waals surface area contributed by atoms with Crippen molar-refractivity contribution in [3.8, 4) is 0 Å². The minimum atomic E-state index is -3.37. The zero-order valence-corrected chi connectivity index (χ0v) is 15.5. The highest BCUT2D eigenvalue weighted by Gasteiger charge is 2.35. The lowest BCUT2D eigenvalue weighted by Crippen LogP contribution is -2.56. The van der Waals surface area contributed by atoms with Crippen molar-refractivity contribution in [1.82, 2.24) is 14.9 Å². The first kappa shape index (κ1) is 19.9. The Morgan fingerprint density at radius 3 is 2.58 bits per heavy atom. The highest BCUT2D eigenvalue weighted by molar-refractivity contribution is 7.89. The predicted octanol–water partition coefficient (Wildman–Crippen LogP) is 0.187.